The molecule has 8 heteroatoms. The van der Waals surface area contributed by atoms with Gasteiger partial charge in [0, 0.05) is 0 Å². The fourth-order valence-electron chi connectivity index (χ4n) is 0. The molecule has 4 nitrogen and oxygen atoms in total. The summed E-state index contributed by atoms with van der Waals surface area (Å²) in [5, 5.41) is 0. The fraction of sp³-hybridized carbons (Fsp3) is 0. The van der Waals surface area contributed by atoms with Gasteiger partial charge in [0.05, 0.1) is 0 Å². The van der Waals surface area contributed by atoms with Crippen LogP contribution in [0.2, 0.25) is 0 Å². The zero-order valence-electron chi connectivity index (χ0n) is 4.53. The topological polar surface area (TPSA) is 74.6 Å². The van der Waals surface area contributed by atoms with Crippen LogP contribution in [0.3, 0.4) is 0 Å². The molecule has 0 bridgehead atoms. The summed E-state index contributed by atoms with van der Waals surface area (Å²) >= 11 is 0. The first-order chi connectivity index (χ1) is 2.00. The van der Waals surface area contributed by atoms with Crippen LogP contribution in [0.1, 0.15) is 0 Å². The Morgan fingerprint density at radius 2 is 1.00 bits per heavy atom. The Kier molecular flexibility index (Phi) is 23.9. The maximum absolute atomic E-state index is 8.74. The van der Waals surface area contributed by atoms with Crippen molar-refractivity contribution in [1.29, 1.82) is 0 Å². The average molecular weight is 144 g/mol. The minimum Gasteiger partial charge on any atom is -2.00 e. The van der Waals surface area contributed by atoms with E-state index in [2.05, 4.69) is 0 Å². The Morgan fingerprint density at radius 1 is 1.00 bits per heavy atom. The predicted octanol–water partition coefficient (Wildman–Crippen LogP) is -6.65. The first-order valence-corrected chi connectivity index (χ1v) is 2.10. The van der Waals surface area contributed by atoms with E-state index in [9.17, 15) is 0 Å². The van der Waals surface area contributed by atoms with Crippen LogP contribution in [0, 0.1) is 0 Å². The summed E-state index contributed by atoms with van der Waals surface area (Å²) < 4.78 is 31.6. The van der Waals surface area contributed by atoms with Gasteiger partial charge in [0.15, 0.2) is 0 Å². The van der Waals surface area contributed by atoms with E-state index in [1.165, 1.54) is 0 Å². The molecule has 8 heavy (non-hydrogen) atoms. The largest absolute Gasteiger partial charge is 2.00 e. The normalized spacial score (nSPS) is 7.25. The van der Waals surface area contributed by atoms with Gasteiger partial charge in [0.1, 0.15) is 0 Å². The second kappa shape index (κ2) is 8.41. The van der Waals surface area contributed by atoms with Crippen molar-refractivity contribution in [3.8, 4) is 0 Å². The molecule has 0 heterocycles. The minimum absolute atomic E-state index is 0. The second-order valence-electron chi connectivity index (χ2n) is 0.448. The van der Waals surface area contributed by atoms with Crippen molar-refractivity contribution in [3.05, 3.63) is 0 Å². The van der Waals surface area contributed by atoms with Crippen molar-refractivity contribution in [3.63, 3.8) is 0 Å². The van der Waals surface area contributed by atoms with Crippen molar-refractivity contribution in [2.24, 2.45) is 0 Å². The maximum Gasteiger partial charge on any atom is 1.00 e. The van der Waals surface area contributed by atoms with Crippen LogP contribution < -0.4 is 37.7 Å². The monoisotopic (exact) mass is 144 g/mol. The van der Waals surface area contributed by atoms with Gasteiger partial charge in [0.25, 0.3) is 0 Å². The quantitative estimate of drug-likeness (QED) is 0.262. The molecule has 0 spiro atoms. The summed E-state index contributed by atoms with van der Waals surface area (Å²) in [6.07, 6.45) is 0. The van der Waals surface area contributed by atoms with Crippen LogP contribution >= 0.6 is 0 Å². The maximum atomic E-state index is 8.74. The molecule has 0 fully saturated rings. The van der Waals surface area contributed by atoms with Crippen molar-refractivity contribution in [2.45, 2.75) is 0 Å². The van der Waals surface area contributed by atoms with Crippen LogP contribution in [0.25, 0.3) is 0 Å². The first kappa shape index (κ1) is 22.7. The molecule has 0 amide bonds. The molecule has 0 saturated heterocycles. The van der Waals surface area contributed by atoms with E-state index in [0.717, 1.165) is 0 Å². The average Bonchev–Trinajstić information content (AvgIpc) is 0.722. The molecule has 0 rings (SSSR count). The van der Waals surface area contributed by atoms with E-state index in [0.29, 0.717) is 0 Å². The number of hydrogen-bond donors (Lipinski definition) is 2. The van der Waals surface area contributed by atoms with Crippen molar-refractivity contribution >= 4 is 23.9 Å². The number of rotatable bonds is 0. The molecule has 0 radical (unpaired) electrons. The van der Waals surface area contributed by atoms with E-state index < -0.39 is 10.4 Å². The molecule has 0 aromatic heterocycles. The molecule has 0 aliphatic carbocycles. The summed E-state index contributed by atoms with van der Waals surface area (Å²) in [5.74, 6) is 0. The molecular formula is H2Li2O4S2. The van der Waals surface area contributed by atoms with E-state index in [-0.39, 0.29) is 51.2 Å². The summed E-state index contributed by atoms with van der Waals surface area (Å²) in [4.78, 5) is 0. The number of hydrogen-bond acceptors (Lipinski definition) is 2. The van der Waals surface area contributed by atoms with Gasteiger partial charge in [0.2, 0.25) is 0 Å². The Balaban J connectivity index is -0.0000000267. The summed E-state index contributed by atoms with van der Waals surface area (Å²) in [6.45, 7) is 0. The third-order valence-electron chi connectivity index (χ3n) is 0. The third kappa shape index (κ3) is 152. The zero-order chi connectivity index (χ0) is 4.50. The van der Waals surface area contributed by atoms with Gasteiger partial charge in [-0.15, -0.1) is 0 Å². The Bertz CT molecular complexity index is 95.2. The standard InChI is InChI=1S/2Li.H2O4S.S/c;;1-5(2,3)4;/h;;(H2,1,2,3,4);/q2*+1;;-2. The summed E-state index contributed by atoms with van der Waals surface area (Å²) in [5.41, 5.74) is 0. The second-order valence-corrected chi connectivity index (χ2v) is 1.34. The molecular weight excluding hydrogens is 142 g/mol. The summed E-state index contributed by atoms with van der Waals surface area (Å²) in [7, 11) is -4.67. The van der Waals surface area contributed by atoms with Crippen LogP contribution in [0.5, 0.6) is 0 Å². The van der Waals surface area contributed by atoms with Crippen molar-refractivity contribution in [2.75, 3.05) is 0 Å². The van der Waals surface area contributed by atoms with Gasteiger partial charge in [-0.25, -0.2) is 0 Å². The molecule has 0 aliphatic rings. The van der Waals surface area contributed by atoms with Gasteiger partial charge < -0.3 is 13.5 Å². The van der Waals surface area contributed by atoms with E-state index in [1.54, 1.807) is 0 Å². The SMILES string of the molecule is O=S(=O)(O)O.[Li+].[Li+].[S-2]. The van der Waals surface area contributed by atoms with Crippen LogP contribution in [-0.4, -0.2) is 17.5 Å². The smallest absolute Gasteiger partial charge is 1.00 e. The van der Waals surface area contributed by atoms with Crippen molar-refractivity contribution < 1.29 is 55.2 Å². The molecule has 0 aliphatic heterocycles. The minimum atomic E-state index is -4.67. The molecule has 0 aromatic rings. The van der Waals surface area contributed by atoms with E-state index >= 15 is 0 Å². The van der Waals surface area contributed by atoms with E-state index in [1.807, 2.05) is 0 Å². The van der Waals surface area contributed by atoms with E-state index in [4.69, 9.17) is 17.5 Å². The first-order valence-electron chi connectivity index (χ1n) is 0.698. The van der Waals surface area contributed by atoms with Gasteiger partial charge in [-0.05, 0) is 0 Å². The Labute approximate surface area is 78.8 Å². The molecule has 40 valence electrons. The summed E-state index contributed by atoms with van der Waals surface area (Å²) in [6, 6.07) is 0. The Morgan fingerprint density at radius 3 is 1.00 bits per heavy atom. The van der Waals surface area contributed by atoms with Crippen LogP contribution in [-0.2, 0) is 23.9 Å². The van der Waals surface area contributed by atoms with Gasteiger partial charge in [-0.2, -0.15) is 8.42 Å². The molecule has 0 unspecified atom stereocenters. The predicted molar refractivity (Wildman–Crippen MR) is 21.5 cm³/mol. The zero-order valence-corrected chi connectivity index (χ0v) is 6.16. The van der Waals surface area contributed by atoms with Gasteiger partial charge >= 0.3 is 48.1 Å². The van der Waals surface area contributed by atoms with Crippen molar-refractivity contribution in [1.82, 2.24) is 0 Å². The molecule has 0 aromatic carbocycles. The molecule has 2 N–H and O–H groups in total. The van der Waals surface area contributed by atoms with Gasteiger partial charge in [-0.1, -0.05) is 0 Å². The third-order valence-corrected chi connectivity index (χ3v) is 0. The van der Waals surface area contributed by atoms with Crippen LogP contribution in [0.4, 0.5) is 0 Å². The van der Waals surface area contributed by atoms with Crippen LogP contribution in [0.15, 0.2) is 0 Å². The Hall–Kier alpha value is 1.41. The fourth-order valence-corrected chi connectivity index (χ4v) is 0. The molecule has 0 saturated carbocycles. The van der Waals surface area contributed by atoms with Gasteiger partial charge in [-0.3, -0.25) is 9.11 Å². The molecule has 0 atom stereocenters.